The van der Waals surface area contributed by atoms with Crippen molar-refractivity contribution in [1.29, 1.82) is 0 Å². The van der Waals surface area contributed by atoms with Gasteiger partial charge in [0.15, 0.2) is 0 Å². The molecule has 1 aliphatic rings. The van der Waals surface area contributed by atoms with E-state index in [-0.39, 0.29) is 12.0 Å². The van der Waals surface area contributed by atoms with Crippen LogP contribution in [0.4, 0.5) is 5.69 Å². The van der Waals surface area contributed by atoms with E-state index in [0.717, 1.165) is 30.8 Å². The zero-order valence-corrected chi connectivity index (χ0v) is 15.6. The first-order valence-corrected chi connectivity index (χ1v) is 9.13. The van der Waals surface area contributed by atoms with Gasteiger partial charge in [-0.3, -0.25) is 4.79 Å². The van der Waals surface area contributed by atoms with Gasteiger partial charge < -0.3 is 19.5 Å². The number of hydrogen-bond acceptors (Lipinski definition) is 4. The van der Waals surface area contributed by atoms with Crippen LogP contribution in [0, 0.1) is 0 Å². The van der Waals surface area contributed by atoms with Crippen molar-refractivity contribution in [3.8, 4) is 11.5 Å². The minimum absolute atomic E-state index is 0.172. The first-order chi connectivity index (χ1) is 13.1. The predicted molar refractivity (Wildman–Crippen MR) is 106 cm³/mol. The third kappa shape index (κ3) is 5.86. The van der Waals surface area contributed by atoms with Gasteiger partial charge >= 0.3 is 0 Å². The molecule has 1 aliphatic heterocycles. The number of hydrogen-bond donors (Lipinski definition) is 1. The van der Waals surface area contributed by atoms with Gasteiger partial charge in [-0.2, -0.15) is 0 Å². The number of carbonyl (C=O) groups is 1. The summed E-state index contributed by atoms with van der Waals surface area (Å²) >= 11 is 0. The first-order valence-electron chi connectivity index (χ1n) is 9.13. The Morgan fingerprint density at radius 3 is 2.41 bits per heavy atom. The van der Waals surface area contributed by atoms with Crippen LogP contribution in [0.15, 0.2) is 60.7 Å². The number of rotatable bonds is 8. The highest BCUT2D eigenvalue weighted by atomic mass is 16.5. The predicted octanol–water partition coefficient (Wildman–Crippen LogP) is 4.45. The van der Waals surface area contributed by atoms with Crippen LogP contribution in [0.3, 0.4) is 0 Å². The Morgan fingerprint density at radius 2 is 1.78 bits per heavy atom. The molecule has 1 fully saturated rings. The maximum Gasteiger partial charge on any atom is 0.255 e. The van der Waals surface area contributed by atoms with Crippen LogP contribution in [-0.4, -0.2) is 31.8 Å². The Kier molecular flexibility index (Phi) is 6.49. The molecule has 2 aromatic rings. The van der Waals surface area contributed by atoms with Crippen molar-refractivity contribution >= 4 is 11.6 Å². The molecule has 0 aliphatic carbocycles. The van der Waals surface area contributed by atoms with Crippen LogP contribution in [-0.2, 0) is 4.74 Å². The van der Waals surface area contributed by atoms with Crippen molar-refractivity contribution in [1.82, 2.24) is 0 Å². The molecule has 142 valence electrons. The third-order valence-electron chi connectivity index (χ3n) is 4.17. The van der Waals surface area contributed by atoms with Gasteiger partial charge in [0.1, 0.15) is 24.7 Å². The average molecular weight is 367 g/mol. The van der Waals surface area contributed by atoms with Crippen molar-refractivity contribution in [2.75, 3.05) is 25.1 Å². The molecule has 5 heteroatoms. The molecule has 27 heavy (non-hydrogen) atoms. The lowest BCUT2D eigenvalue weighted by atomic mass is 10.2. The Hall–Kier alpha value is -2.79. The summed E-state index contributed by atoms with van der Waals surface area (Å²) in [5.74, 6) is 1.30. The van der Waals surface area contributed by atoms with E-state index in [1.54, 1.807) is 24.3 Å². The molecule has 5 nitrogen and oxygen atoms in total. The topological polar surface area (TPSA) is 56.8 Å². The number of anilines is 1. The normalized spacial score (nSPS) is 16.0. The highest BCUT2D eigenvalue weighted by Crippen LogP contribution is 2.19. The Balaban J connectivity index is 1.50. The molecule has 0 radical (unpaired) electrons. The molecule has 0 saturated carbocycles. The molecule has 0 unspecified atom stereocenters. The lowest BCUT2D eigenvalue weighted by Crippen LogP contribution is -2.16. The summed E-state index contributed by atoms with van der Waals surface area (Å²) in [6.45, 7) is 7.55. The molecule has 1 amide bonds. The van der Waals surface area contributed by atoms with E-state index in [0.29, 0.717) is 30.2 Å². The number of carbonyl (C=O) groups excluding carboxylic acids is 1. The highest BCUT2D eigenvalue weighted by Gasteiger charge is 2.16. The SMILES string of the molecule is C=C(C)COc1ccc(C(=O)Nc2ccc(OC[C@H]3CCCO3)cc2)cc1. The number of nitrogens with one attached hydrogen (secondary N) is 1. The number of ether oxygens (including phenoxy) is 3. The van der Waals surface area contributed by atoms with Gasteiger partial charge in [-0.25, -0.2) is 0 Å². The summed E-state index contributed by atoms with van der Waals surface area (Å²) in [4.78, 5) is 12.4. The van der Waals surface area contributed by atoms with Crippen LogP contribution >= 0.6 is 0 Å². The third-order valence-corrected chi connectivity index (χ3v) is 4.17. The van der Waals surface area contributed by atoms with Crippen LogP contribution in [0.5, 0.6) is 11.5 Å². The Morgan fingerprint density at radius 1 is 1.11 bits per heavy atom. The van der Waals surface area contributed by atoms with Crippen molar-refractivity contribution in [2.24, 2.45) is 0 Å². The van der Waals surface area contributed by atoms with E-state index < -0.39 is 0 Å². The van der Waals surface area contributed by atoms with E-state index in [2.05, 4.69) is 11.9 Å². The lowest BCUT2D eigenvalue weighted by molar-refractivity contribution is 0.0679. The number of benzene rings is 2. The van der Waals surface area contributed by atoms with Gasteiger partial charge in [-0.1, -0.05) is 6.58 Å². The maximum absolute atomic E-state index is 12.4. The van der Waals surface area contributed by atoms with Gasteiger partial charge in [0.05, 0.1) is 6.10 Å². The quantitative estimate of drug-likeness (QED) is 0.700. The second kappa shape index (κ2) is 9.24. The first kappa shape index (κ1) is 19.0. The van der Waals surface area contributed by atoms with Gasteiger partial charge in [-0.05, 0) is 73.9 Å². The zero-order valence-electron chi connectivity index (χ0n) is 15.6. The molecule has 0 aromatic heterocycles. The van der Waals surface area contributed by atoms with Crippen LogP contribution in [0.25, 0.3) is 0 Å². The molecule has 0 bridgehead atoms. The molecular weight excluding hydrogens is 342 g/mol. The highest BCUT2D eigenvalue weighted by molar-refractivity contribution is 6.04. The minimum atomic E-state index is -0.172. The van der Waals surface area contributed by atoms with Crippen molar-refractivity contribution < 1.29 is 19.0 Å². The maximum atomic E-state index is 12.4. The Labute approximate surface area is 159 Å². The fourth-order valence-corrected chi connectivity index (χ4v) is 2.71. The second-order valence-corrected chi connectivity index (χ2v) is 6.69. The monoisotopic (exact) mass is 367 g/mol. The molecule has 3 rings (SSSR count). The average Bonchev–Trinajstić information content (AvgIpc) is 3.20. The fourth-order valence-electron chi connectivity index (χ4n) is 2.71. The summed E-state index contributed by atoms with van der Waals surface area (Å²) in [5.41, 5.74) is 2.23. The summed E-state index contributed by atoms with van der Waals surface area (Å²) in [6.07, 6.45) is 2.33. The summed E-state index contributed by atoms with van der Waals surface area (Å²) in [5, 5.41) is 2.88. The van der Waals surface area contributed by atoms with E-state index >= 15 is 0 Å². The summed E-state index contributed by atoms with van der Waals surface area (Å²) < 4.78 is 16.8. The van der Waals surface area contributed by atoms with E-state index in [1.807, 2.05) is 31.2 Å². The fraction of sp³-hybridized carbons (Fsp3) is 0.318. The van der Waals surface area contributed by atoms with Crippen molar-refractivity contribution in [2.45, 2.75) is 25.9 Å². The summed E-state index contributed by atoms with van der Waals surface area (Å²) in [6, 6.07) is 14.4. The van der Waals surface area contributed by atoms with Crippen molar-refractivity contribution in [3.63, 3.8) is 0 Å². The van der Waals surface area contributed by atoms with Crippen LogP contribution < -0.4 is 14.8 Å². The van der Waals surface area contributed by atoms with Crippen LogP contribution in [0.1, 0.15) is 30.1 Å². The second-order valence-electron chi connectivity index (χ2n) is 6.69. The van der Waals surface area contributed by atoms with E-state index in [1.165, 1.54) is 0 Å². The smallest absolute Gasteiger partial charge is 0.255 e. The molecule has 2 aromatic carbocycles. The molecule has 1 N–H and O–H groups in total. The molecule has 0 spiro atoms. The van der Waals surface area contributed by atoms with Gasteiger partial charge in [-0.15, -0.1) is 0 Å². The van der Waals surface area contributed by atoms with E-state index in [4.69, 9.17) is 14.2 Å². The van der Waals surface area contributed by atoms with E-state index in [9.17, 15) is 4.79 Å². The standard InChI is InChI=1S/C22H25NO4/c1-16(2)14-26-19-9-5-17(6-10-19)22(24)23-18-7-11-20(12-8-18)27-15-21-4-3-13-25-21/h5-12,21H,1,3-4,13-15H2,2H3,(H,23,24)/t21-/m1/s1. The van der Waals surface area contributed by atoms with Gasteiger partial charge in [0, 0.05) is 17.9 Å². The number of amides is 1. The van der Waals surface area contributed by atoms with Crippen LogP contribution in [0.2, 0.25) is 0 Å². The molecule has 1 saturated heterocycles. The molecule has 1 heterocycles. The zero-order chi connectivity index (χ0) is 19.1. The molecular formula is C22H25NO4. The Bertz CT molecular complexity index is 762. The van der Waals surface area contributed by atoms with Crippen molar-refractivity contribution in [3.05, 3.63) is 66.2 Å². The lowest BCUT2D eigenvalue weighted by Gasteiger charge is -2.12. The van der Waals surface area contributed by atoms with Gasteiger partial charge in [0.2, 0.25) is 0 Å². The minimum Gasteiger partial charge on any atom is -0.491 e. The van der Waals surface area contributed by atoms with Gasteiger partial charge in [0.25, 0.3) is 5.91 Å². The summed E-state index contributed by atoms with van der Waals surface area (Å²) in [7, 11) is 0. The largest absolute Gasteiger partial charge is 0.491 e. The molecule has 1 atom stereocenters.